The largest absolute Gasteiger partial charge is 0.360 e. The summed E-state index contributed by atoms with van der Waals surface area (Å²) in [7, 11) is 1.74. The zero-order valence-electron chi connectivity index (χ0n) is 10.1. The Labute approximate surface area is 87.9 Å². The molecule has 1 atom stereocenters. The maximum atomic E-state index is 4.21. The summed E-state index contributed by atoms with van der Waals surface area (Å²) in [6.45, 7) is 10.6. The summed E-state index contributed by atoms with van der Waals surface area (Å²) in [6, 6.07) is 0. The fraction of sp³-hybridized carbons (Fsp3) is 0.818. The molecule has 0 saturated carbocycles. The Morgan fingerprint density at radius 2 is 2.07 bits per heavy atom. The molecule has 0 aromatic rings. The summed E-state index contributed by atoms with van der Waals surface area (Å²) >= 11 is 0. The molecule has 1 aliphatic heterocycles. The van der Waals surface area contributed by atoms with Crippen LogP contribution in [0.25, 0.3) is 0 Å². The van der Waals surface area contributed by atoms with E-state index in [0.717, 1.165) is 24.8 Å². The summed E-state index contributed by atoms with van der Waals surface area (Å²) in [6.07, 6.45) is 2.90. The highest BCUT2D eigenvalue weighted by Gasteiger charge is 2.18. The van der Waals surface area contributed by atoms with Gasteiger partial charge in [0.05, 0.1) is 0 Å². The molecule has 82 valence electrons. The van der Waals surface area contributed by atoms with Crippen LogP contribution in [-0.2, 0) is 0 Å². The van der Waals surface area contributed by atoms with Crippen molar-refractivity contribution in [2.24, 2.45) is 15.9 Å². The number of nitrogens with zero attached hydrogens (tertiary/aromatic N) is 3. The average molecular weight is 197 g/mol. The fourth-order valence-corrected chi connectivity index (χ4v) is 1.45. The van der Waals surface area contributed by atoms with Gasteiger partial charge in [-0.05, 0) is 19.3 Å². The quantitative estimate of drug-likeness (QED) is 0.468. The molecular formula is C11H23N3. The van der Waals surface area contributed by atoms with Crippen molar-refractivity contribution < 1.29 is 0 Å². The Balaban J connectivity index is 0.000000791. The minimum Gasteiger partial charge on any atom is -0.360 e. The molecule has 1 aliphatic rings. The molecule has 0 N–H and O–H groups in total. The second kappa shape index (κ2) is 7.54. The highest BCUT2D eigenvalue weighted by molar-refractivity contribution is 5.86. The number of hydrogen-bond acceptors (Lipinski definition) is 1. The highest BCUT2D eigenvalue weighted by Crippen LogP contribution is 2.14. The van der Waals surface area contributed by atoms with E-state index in [1.165, 1.54) is 6.42 Å². The van der Waals surface area contributed by atoms with E-state index in [0.29, 0.717) is 0 Å². The standard InChI is InChI=1S/C9H17N3.C2H6/c1-8-4-5-12(6-8)9(2)11-7-10-3;1-2/h7-8H,4-6H2,1-3H3;1-2H3. The van der Waals surface area contributed by atoms with Crippen molar-refractivity contribution >= 4 is 12.2 Å². The van der Waals surface area contributed by atoms with Gasteiger partial charge >= 0.3 is 0 Å². The molecule has 1 rings (SSSR count). The van der Waals surface area contributed by atoms with Crippen molar-refractivity contribution in [1.82, 2.24) is 4.90 Å². The number of likely N-dealkylation sites (tertiary alicyclic amines) is 1. The smallest absolute Gasteiger partial charge is 0.111 e. The van der Waals surface area contributed by atoms with E-state index in [4.69, 9.17) is 0 Å². The zero-order chi connectivity index (χ0) is 11.0. The predicted octanol–water partition coefficient (Wildman–Crippen LogP) is 2.43. The van der Waals surface area contributed by atoms with Crippen LogP contribution in [-0.4, -0.2) is 37.2 Å². The minimum atomic E-state index is 0.814. The lowest BCUT2D eigenvalue weighted by molar-refractivity contribution is 0.492. The lowest BCUT2D eigenvalue weighted by atomic mass is 10.2. The molecule has 0 aromatic heterocycles. The van der Waals surface area contributed by atoms with E-state index < -0.39 is 0 Å². The van der Waals surface area contributed by atoms with Crippen LogP contribution in [0.15, 0.2) is 9.98 Å². The maximum Gasteiger partial charge on any atom is 0.111 e. The highest BCUT2D eigenvalue weighted by atomic mass is 15.2. The van der Waals surface area contributed by atoms with Crippen LogP contribution in [0.4, 0.5) is 0 Å². The van der Waals surface area contributed by atoms with E-state index in [2.05, 4.69) is 21.8 Å². The fourth-order valence-electron chi connectivity index (χ4n) is 1.45. The van der Waals surface area contributed by atoms with Crippen molar-refractivity contribution in [2.75, 3.05) is 20.1 Å². The first-order chi connectivity index (χ1) is 6.74. The molecule has 0 bridgehead atoms. The SMILES string of the molecule is CC.CN=CN=C(C)N1CCC(C)C1. The van der Waals surface area contributed by atoms with Crippen molar-refractivity contribution in [1.29, 1.82) is 0 Å². The normalized spacial score (nSPS) is 22.5. The summed E-state index contributed by atoms with van der Waals surface area (Å²) < 4.78 is 0. The maximum absolute atomic E-state index is 4.21. The summed E-state index contributed by atoms with van der Waals surface area (Å²) in [5.74, 6) is 1.90. The number of rotatable bonds is 1. The third-order valence-corrected chi connectivity index (χ3v) is 2.24. The van der Waals surface area contributed by atoms with Gasteiger partial charge in [0.25, 0.3) is 0 Å². The Kier molecular flexibility index (Phi) is 7.07. The second-order valence-corrected chi connectivity index (χ2v) is 3.39. The van der Waals surface area contributed by atoms with Gasteiger partial charge in [-0.3, -0.25) is 4.99 Å². The Morgan fingerprint density at radius 1 is 1.43 bits per heavy atom. The van der Waals surface area contributed by atoms with Crippen LogP contribution < -0.4 is 0 Å². The molecule has 1 unspecified atom stereocenters. The molecule has 14 heavy (non-hydrogen) atoms. The lowest BCUT2D eigenvalue weighted by Gasteiger charge is -2.16. The van der Waals surface area contributed by atoms with Crippen molar-refractivity contribution in [3.63, 3.8) is 0 Å². The topological polar surface area (TPSA) is 28.0 Å². The molecule has 0 radical (unpaired) electrons. The number of amidine groups is 1. The van der Waals surface area contributed by atoms with Gasteiger partial charge in [0, 0.05) is 20.1 Å². The van der Waals surface area contributed by atoms with Crippen LogP contribution in [0, 0.1) is 5.92 Å². The first-order valence-corrected chi connectivity index (χ1v) is 5.44. The van der Waals surface area contributed by atoms with Gasteiger partial charge in [-0.25, -0.2) is 4.99 Å². The van der Waals surface area contributed by atoms with Crippen molar-refractivity contribution in [3.8, 4) is 0 Å². The molecule has 3 heteroatoms. The molecule has 1 fully saturated rings. The van der Waals surface area contributed by atoms with Crippen molar-refractivity contribution in [3.05, 3.63) is 0 Å². The third-order valence-electron chi connectivity index (χ3n) is 2.24. The van der Waals surface area contributed by atoms with E-state index in [-0.39, 0.29) is 0 Å². The van der Waals surface area contributed by atoms with Crippen LogP contribution in [0.5, 0.6) is 0 Å². The Morgan fingerprint density at radius 3 is 2.50 bits per heavy atom. The molecule has 3 nitrogen and oxygen atoms in total. The van der Waals surface area contributed by atoms with Gasteiger partial charge < -0.3 is 4.90 Å². The first-order valence-electron chi connectivity index (χ1n) is 5.44. The molecule has 0 amide bonds. The molecule has 1 saturated heterocycles. The monoisotopic (exact) mass is 197 g/mol. The first kappa shape index (κ1) is 13.1. The van der Waals surface area contributed by atoms with Gasteiger partial charge in [-0.1, -0.05) is 20.8 Å². The third kappa shape index (κ3) is 4.40. The minimum absolute atomic E-state index is 0.814. The van der Waals surface area contributed by atoms with E-state index in [1.807, 2.05) is 20.8 Å². The number of hydrogen-bond donors (Lipinski definition) is 0. The van der Waals surface area contributed by atoms with Crippen LogP contribution in [0.1, 0.15) is 34.1 Å². The van der Waals surface area contributed by atoms with E-state index >= 15 is 0 Å². The lowest BCUT2D eigenvalue weighted by Crippen LogP contribution is -2.26. The average Bonchev–Trinajstić information content (AvgIpc) is 2.64. The van der Waals surface area contributed by atoms with Gasteiger partial charge in [0.2, 0.25) is 0 Å². The zero-order valence-corrected chi connectivity index (χ0v) is 10.1. The second-order valence-electron chi connectivity index (χ2n) is 3.39. The van der Waals surface area contributed by atoms with Gasteiger partial charge in [-0.2, -0.15) is 0 Å². The summed E-state index contributed by atoms with van der Waals surface area (Å²) in [4.78, 5) is 10.3. The molecule has 1 heterocycles. The van der Waals surface area contributed by atoms with Gasteiger partial charge in [0.1, 0.15) is 12.2 Å². The predicted molar refractivity (Wildman–Crippen MR) is 64.2 cm³/mol. The van der Waals surface area contributed by atoms with Crippen LogP contribution in [0.3, 0.4) is 0 Å². The van der Waals surface area contributed by atoms with Crippen LogP contribution in [0.2, 0.25) is 0 Å². The van der Waals surface area contributed by atoms with Gasteiger partial charge in [0.15, 0.2) is 0 Å². The van der Waals surface area contributed by atoms with Gasteiger partial charge in [-0.15, -0.1) is 0 Å². The van der Waals surface area contributed by atoms with E-state index in [9.17, 15) is 0 Å². The number of aliphatic imine (C=N–C) groups is 2. The summed E-state index contributed by atoms with van der Waals surface area (Å²) in [5, 5.41) is 0. The van der Waals surface area contributed by atoms with E-state index in [1.54, 1.807) is 13.4 Å². The molecular weight excluding hydrogens is 174 g/mol. The van der Waals surface area contributed by atoms with Crippen molar-refractivity contribution in [2.45, 2.75) is 34.1 Å². The molecule has 0 aromatic carbocycles. The molecule has 0 aliphatic carbocycles. The molecule has 0 spiro atoms. The Bertz CT molecular complexity index is 197. The van der Waals surface area contributed by atoms with Crippen LogP contribution >= 0.6 is 0 Å². The summed E-state index contributed by atoms with van der Waals surface area (Å²) in [5.41, 5.74) is 0. The Hall–Kier alpha value is -0.860.